The Morgan fingerprint density at radius 2 is 1.79 bits per heavy atom. The van der Waals surface area contributed by atoms with Crippen LogP contribution in [0.4, 0.5) is 0 Å². The lowest BCUT2D eigenvalue weighted by Crippen LogP contribution is -2.42. The first-order valence-corrected chi connectivity index (χ1v) is 10.4. The molecule has 0 amide bonds. The average Bonchev–Trinajstić information content (AvgIpc) is 2.60. The van der Waals surface area contributed by atoms with E-state index in [0.717, 1.165) is 34.8 Å². The van der Waals surface area contributed by atoms with Crippen LogP contribution in [0.3, 0.4) is 0 Å². The van der Waals surface area contributed by atoms with Crippen molar-refractivity contribution >= 4 is 11.8 Å². The highest BCUT2D eigenvalue weighted by Crippen LogP contribution is 2.49. The van der Waals surface area contributed by atoms with Crippen molar-refractivity contribution in [1.29, 1.82) is 0 Å². The molecular weight excluding hydrogens is 364 g/mol. The van der Waals surface area contributed by atoms with E-state index in [1.807, 2.05) is 19.9 Å². The number of aliphatic hydroxyl groups excluding tert-OH is 1. The monoisotopic (exact) mass is 398 g/mol. The molecule has 1 fully saturated rings. The summed E-state index contributed by atoms with van der Waals surface area (Å²) in [6, 6.07) is 0. The number of carbonyl (C=O) groups is 2. The second kappa shape index (κ2) is 9.53. The zero-order chi connectivity index (χ0) is 21.9. The van der Waals surface area contributed by atoms with Crippen molar-refractivity contribution in [1.82, 2.24) is 0 Å². The fraction of sp³-hybridized carbons (Fsp3) is 0.520. The molecule has 0 aromatic carbocycles. The van der Waals surface area contributed by atoms with Crippen LogP contribution in [0.15, 0.2) is 58.2 Å². The van der Waals surface area contributed by atoms with Crippen LogP contribution < -0.4 is 0 Å². The molecule has 2 rings (SSSR count). The first-order chi connectivity index (χ1) is 13.5. The second-order valence-corrected chi connectivity index (χ2v) is 8.86. The second-order valence-electron chi connectivity index (χ2n) is 8.86. The van der Waals surface area contributed by atoms with Crippen molar-refractivity contribution in [3.63, 3.8) is 0 Å². The highest BCUT2D eigenvalue weighted by Gasteiger charge is 2.42. The van der Waals surface area contributed by atoms with Crippen LogP contribution in [-0.2, 0) is 9.59 Å². The number of carbonyl (C=O) groups excluding carboxylic acids is 1. The van der Waals surface area contributed by atoms with Gasteiger partial charge >= 0.3 is 5.97 Å². The zero-order valence-corrected chi connectivity index (χ0v) is 18.4. The standard InChI is InChI=1S/C25H34O4/c1-14(7-8-23(27)28)9-15(2)10-22-21(13-18(5)26)16(3)11-20-12-17(4)25(29)19(6)24(20)22/h7-11,17,19,22,24-25,29H,12-13H2,1-6H3,(H,27,28). The van der Waals surface area contributed by atoms with Crippen molar-refractivity contribution in [2.45, 2.75) is 60.5 Å². The predicted octanol–water partition coefficient (Wildman–Crippen LogP) is 5.02. The van der Waals surface area contributed by atoms with E-state index in [0.29, 0.717) is 6.42 Å². The van der Waals surface area contributed by atoms with E-state index in [4.69, 9.17) is 5.11 Å². The maximum atomic E-state index is 12.0. The van der Waals surface area contributed by atoms with Crippen molar-refractivity contribution in [3.05, 3.63) is 58.2 Å². The van der Waals surface area contributed by atoms with Crippen molar-refractivity contribution < 1.29 is 19.8 Å². The number of carboxylic acids is 1. The number of fused-ring (bicyclic) bond motifs is 1. The minimum absolute atomic E-state index is 0.0588. The molecule has 0 saturated heterocycles. The lowest BCUT2D eigenvalue weighted by atomic mass is 9.60. The predicted molar refractivity (Wildman–Crippen MR) is 116 cm³/mol. The first kappa shape index (κ1) is 23.1. The van der Waals surface area contributed by atoms with Gasteiger partial charge in [-0.25, -0.2) is 4.79 Å². The molecule has 4 nitrogen and oxygen atoms in total. The molecule has 0 spiro atoms. The lowest BCUT2D eigenvalue weighted by molar-refractivity contribution is -0.131. The van der Waals surface area contributed by atoms with Gasteiger partial charge in [0, 0.05) is 18.4 Å². The van der Waals surface area contributed by atoms with Crippen LogP contribution >= 0.6 is 0 Å². The van der Waals surface area contributed by atoms with Gasteiger partial charge in [0.05, 0.1) is 6.10 Å². The van der Waals surface area contributed by atoms with Crippen molar-refractivity contribution in [3.8, 4) is 0 Å². The summed E-state index contributed by atoms with van der Waals surface area (Å²) >= 11 is 0. The third kappa shape index (κ3) is 5.66. The molecule has 158 valence electrons. The summed E-state index contributed by atoms with van der Waals surface area (Å²) in [7, 11) is 0. The molecule has 5 atom stereocenters. The Balaban J connectivity index is 2.48. The van der Waals surface area contributed by atoms with Gasteiger partial charge in [-0.05, 0) is 51.9 Å². The van der Waals surface area contributed by atoms with Gasteiger partial charge in [-0.1, -0.05) is 66.0 Å². The van der Waals surface area contributed by atoms with Gasteiger partial charge in [0.2, 0.25) is 0 Å². The average molecular weight is 399 g/mol. The topological polar surface area (TPSA) is 74.6 Å². The third-order valence-corrected chi connectivity index (χ3v) is 6.20. The summed E-state index contributed by atoms with van der Waals surface area (Å²) in [5.74, 6) is -0.264. The molecular formula is C25H34O4. The Kier molecular flexibility index (Phi) is 7.59. The molecule has 29 heavy (non-hydrogen) atoms. The largest absolute Gasteiger partial charge is 0.478 e. The molecule has 0 aromatic rings. The van der Waals surface area contributed by atoms with Crippen molar-refractivity contribution in [2.24, 2.45) is 23.7 Å². The molecule has 0 radical (unpaired) electrons. The molecule has 0 aromatic heterocycles. The normalized spacial score (nSPS) is 31.0. The number of allylic oxidation sites excluding steroid dienone is 9. The number of aliphatic carboxylic acids is 1. The van der Waals surface area contributed by atoms with Gasteiger partial charge in [-0.2, -0.15) is 0 Å². The van der Waals surface area contributed by atoms with E-state index in [9.17, 15) is 14.7 Å². The van der Waals surface area contributed by atoms with Crippen LogP contribution in [-0.4, -0.2) is 28.1 Å². The summed E-state index contributed by atoms with van der Waals surface area (Å²) in [5, 5.41) is 19.5. The van der Waals surface area contributed by atoms with Gasteiger partial charge in [-0.15, -0.1) is 0 Å². The fourth-order valence-corrected chi connectivity index (χ4v) is 4.93. The molecule has 4 heteroatoms. The third-order valence-electron chi connectivity index (χ3n) is 6.20. The van der Waals surface area contributed by atoms with Crippen LogP contribution in [0.1, 0.15) is 54.4 Å². The summed E-state index contributed by atoms with van der Waals surface area (Å²) in [6.45, 7) is 11.8. The van der Waals surface area contributed by atoms with E-state index in [1.54, 1.807) is 13.0 Å². The minimum atomic E-state index is -0.970. The highest BCUT2D eigenvalue weighted by atomic mass is 16.4. The van der Waals surface area contributed by atoms with Crippen LogP contribution in [0.2, 0.25) is 0 Å². The number of hydrogen-bond donors (Lipinski definition) is 2. The van der Waals surface area contributed by atoms with Crippen LogP contribution in [0.5, 0.6) is 0 Å². The van der Waals surface area contributed by atoms with Gasteiger partial charge in [0.15, 0.2) is 0 Å². The Bertz CT molecular complexity index is 822. The van der Waals surface area contributed by atoms with Gasteiger partial charge in [0.1, 0.15) is 5.78 Å². The fourth-order valence-electron chi connectivity index (χ4n) is 4.93. The molecule has 2 aliphatic rings. The number of carboxylic acid groups (broad SMARTS) is 1. The molecule has 1 saturated carbocycles. The number of aliphatic hydroxyl groups is 1. The number of hydrogen-bond acceptors (Lipinski definition) is 3. The minimum Gasteiger partial charge on any atom is -0.478 e. The molecule has 5 unspecified atom stereocenters. The van der Waals surface area contributed by atoms with Crippen LogP contribution in [0, 0.1) is 23.7 Å². The van der Waals surface area contributed by atoms with Crippen LogP contribution in [0.25, 0.3) is 0 Å². The maximum Gasteiger partial charge on any atom is 0.328 e. The van der Waals surface area contributed by atoms with E-state index < -0.39 is 5.97 Å². The number of ketones is 1. The molecule has 0 bridgehead atoms. The van der Waals surface area contributed by atoms with E-state index >= 15 is 0 Å². The summed E-state index contributed by atoms with van der Waals surface area (Å²) < 4.78 is 0. The van der Waals surface area contributed by atoms with Gasteiger partial charge < -0.3 is 10.2 Å². The number of rotatable bonds is 6. The quantitative estimate of drug-likeness (QED) is 0.486. The Labute approximate surface area is 174 Å². The number of Topliss-reactive ketones (excluding diaryl/α,β-unsaturated/α-hetero) is 1. The van der Waals surface area contributed by atoms with E-state index in [2.05, 4.69) is 32.9 Å². The van der Waals surface area contributed by atoms with E-state index in [-0.39, 0.29) is 35.6 Å². The van der Waals surface area contributed by atoms with Gasteiger partial charge in [-0.3, -0.25) is 4.79 Å². The SMILES string of the molecule is CC(=O)CC1=C(C)C=C2CC(C)C(O)C(C)C2C1C=C(C)C=C(C)C=CC(=O)O. The summed E-state index contributed by atoms with van der Waals surface area (Å²) in [6.07, 6.45) is 10.0. The Hall–Kier alpha value is -2.20. The molecule has 0 heterocycles. The molecule has 2 N–H and O–H groups in total. The maximum absolute atomic E-state index is 12.0. The van der Waals surface area contributed by atoms with Crippen molar-refractivity contribution in [2.75, 3.05) is 0 Å². The Morgan fingerprint density at radius 3 is 2.38 bits per heavy atom. The molecule has 2 aliphatic carbocycles. The zero-order valence-electron chi connectivity index (χ0n) is 18.4. The summed E-state index contributed by atoms with van der Waals surface area (Å²) in [4.78, 5) is 22.7. The lowest BCUT2D eigenvalue weighted by Gasteiger charge is -2.45. The Morgan fingerprint density at radius 1 is 1.14 bits per heavy atom. The highest BCUT2D eigenvalue weighted by molar-refractivity contribution is 5.80. The summed E-state index contributed by atoms with van der Waals surface area (Å²) in [5.41, 5.74) is 5.53. The van der Waals surface area contributed by atoms with E-state index in [1.165, 1.54) is 5.57 Å². The first-order valence-electron chi connectivity index (χ1n) is 10.4. The smallest absolute Gasteiger partial charge is 0.328 e. The van der Waals surface area contributed by atoms with Gasteiger partial charge in [0.25, 0.3) is 0 Å². The molecule has 0 aliphatic heterocycles.